The first-order valence-corrected chi connectivity index (χ1v) is 8.93. The number of benzene rings is 1. The van der Waals surface area contributed by atoms with Gasteiger partial charge in [-0.15, -0.1) is 0 Å². The molecule has 0 radical (unpaired) electrons. The Morgan fingerprint density at radius 1 is 1.36 bits per heavy atom. The fourth-order valence-corrected chi connectivity index (χ4v) is 3.76. The number of rotatable bonds is 5. The maximum absolute atomic E-state index is 12.5. The average molecular weight is 366 g/mol. The lowest BCUT2D eigenvalue weighted by atomic mass is 10.2. The van der Waals surface area contributed by atoms with Crippen molar-refractivity contribution in [1.82, 2.24) is 4.90 Å². The Labute approximate surface area is 149 Å². The molecule has 0 spiro atoms. The van der Waals surface area contributed by atoms with Crippen molar-refractivity contribution in [1.29, 1.82) is 0 Å². The van der Waals surface area contributed by atoms with Crippen LogP contribution in [0.4, 0.5) is 10.5 Å². The number of hydrogen-bond acceptors (Lipinski definition) is 6. The van der Waals surface area contributed by atoms with Gasteiger partial charge in [0.25, 0.3) is 5.24 Å². The number of thioether (sulfide) groups is 1. The maximum atomic E-state index is 12.5. The molecular weight excluding hydrogens is 346 g/mol. The van der Waals surface area contributed by atoms with Gasteiger partial charge in [-0.05, 0) is 12.1 Å². The fraction of sp³-hybridized carbons (Fsp3) is 0.438. The number of morpholine rings is 1. The van der Waals surface area contributed by atoms with Crippen LogP contribution in [0, 0.1) is 0 Å². The van der Waals surface area contributed by atoms with E-state index in [0.29, 0.717) is 25.6 Å². The first-order valence-electron chi connectivity index (χ1n) is 8.05. The van der Waals surface area contributed by atoms with Gasteiger partial charge in [0.2, 0.25) is 11.8 Å². The van der Waals surface area contributed by atoms with Gasteiger partial charge in [-0.25, -0.2) is 4.90 Å². The van der Waals surface area contributed by atoms with Crippen molar-refractivity contribution in [2.24, 2.45) is 0 Å². The number of nitrogens with one attached hydrogen (secondary N) is 2. The number of carbonyl (C=O) groups is 3. The summed E-state index contributed by atoms with van der Waals surface area (Å²) in [6, 6.07) is 6.16. The van der Waals surface area contributed by atoms with Crippen LogP contribution >= 0.6 is 11.8 Å². The molecule has 0 aromatic heterocycles. The summed E-state index contributed by atoms with van der Waals surface area (Å²) in [5.41, 5.74) is 0.446. The lowest BCUT2D eigenvalue weighted by molar-refractivity contribution is -0.915. The maximum Gasteiger partial charge on any atom is 0.293 e. The number of quaternary nitrogens is 1. The predicted molar refractivity (Wildman–Crippen MR) is 91.4 cm³/mol. The quantitative estimate of drug-likeness (QED) is 0.659. The lowest BCUT2D eigenvalue weighted by Crippen LogP contribution is -3.15. The van der Waals surface area contributed by atoms with Gasteiger partial charge >= 0.3 is 0 Å². The molecule has 2 aliphatic rings. The Balaban J connectivity index is 1.55. The third-order valence-electron chi connectivity index (χ3n) is 4.09. The third-order valence-corrected chi connectivity index (χ3v) is 5.16. The van der Waals surface area contributed by atoms with E-state index in [1.54, 1.807) is 12.1 Å². The number of hydrogen-bond donors (Lipinski definition) is 3. The van der Waals surface area contributed by atoms with Crippen molar-refractivity contribution in [3.05, 3.63) is 24.3 Å². The number of aromatic hydroxyl groups is 1. The molecule has 0 saturated carbocycles. The van der Waals surface area contributed by atoms with Crippen molar-refractivity contribution in [3.8, 4) is 5.75 Å². The average Bonchev–Trinajstić information content (AvgIpc) is 2.83. The number of ether oxygens (including phenoxy) is 1. The van der Waals surface area contributed by atoms with Gasteiger partial charge in [0.05, 0.1) is 13.2 Å². The molecule has 134 valence electrons. The number of imide groups is 1. The minimum absolute atomic E-state index is 0.0407. The van der Waals surface area contributed by atoms with E-state index in [2.05, 4.69) is 5.32 Å². The molecule has 3 amide bonds. The van der Waals surface area contributed by atoms with Gasteiger partial charge in [-0.2, -0.15) is 0 Å². The molecular formula is C16H20N3O5S+. The molecule has 9 heteroatoms. The van der Waals surface area contributed by atoms with E-state index >= 15 is 0 Å². The standard InChI is InChI=1S/C16H19N3O5S/c20-12-3-1-2-11(8-12)17-14(21)9-13-15(22)19(16(23)25-13)10-18-4-6-24-7-5-18/h1-3,8,13,20H,4-7,9-10H2,(H,17,21)/p+1/t13-/m1/s1. The summed E-state index contributed by atoms with van der Waals surface area (Å²) in [5, 5.41) is 11.0. The summed E-state index contributed by atoms with van der Waals surface area (Å²) >= 11 is 0.895. The molecule has 1 atom stereocenters. The molecule has 3 N–H and O–H groups in total. The first kappa shape index (κ1) is 17.7. The molecule has 2 aliphatic heterocycles. The second-order valence-electron chi connectivity index (χ2n) is 5.96. The van der Waals surface area contributed by atoms with Crippen LogP contribution in [0.1, 0.15) is 6.42 Å². The van der Waals surface area contributed by atoms with Crippen LogP contribution in [-0.2, 0) is 14.3 Å². The zero-order valence-corrected chi connectivity index (χ0v) is 14.4. The molecule has 1 aromatic rings. The molecule has 0 aliphatic carbocycles. The largest absolute Gasteiger partial charge is 0.508 e. The van der Waals surface area contributed by atoms with E-state index in [9.17, 15) is 19.5 Å². The monoisotopic (exact) mass is 366 g/mol. The Hall–Kier alpha value is -2.10. The van der Waals surface area contributed by atoms with Crippen molar-refractivity contribution >= 4 is 34.5 Å². The molecule has 3 rings (SSSR count). The summed E-state index contributed by atoms with van der Waals surface area (Å²) < 4.78 is 5.27. The van der Waals surface area contributed by atoms with Gasteiger partial charge in [0.15, 0.2) is 6.67 Å². The van der Waals surface area contributed by atoms with Crippen LogP contribution in [-0.4, -0.2) is 65.3 Å². The Bertz CT molecular complexity index is 677. The van der Waals surface area contributed by atoms with Crippen molar-refractivity contribution in [2.75, 3.05) is 38.3 Å². The summed E-state index contributed by atoms with van der Waals surface area (Å²) in [6.45, 7) is 3.07. The molecule has 0 unspecified atom stereocenters. The number of amides is 3. The second-order valence-corrected chi connectivity index (χ2v) is 7.12. The molecule has 0 bridgehead atoms. The molecule has 2 fully saturated rings. The van der Waals surface area contributed by atoms with Crippen molar-refractivity contribution in [2.45, 2.75) is 11.7 Å². The van der Waals surface area contributed by atoms with Gasteiger partial charge in [-0.1, -0.05) is 17.8 Å². The minimum Gasteiger partial charge on any atom is -0.508 e. The Morgan fingerprint density at radius 3 is 2.84 bits per heavy atom. The smallest absolute Gasteiger partial charge is 0.293 e. The molecule has 25 heavy (non-hydrogen) atoms. The van der Waals surface area contributed by atoms with Gasteiger partial charge in [0.1, 0.15) is 24.1 Å². The highest BCUT2D eigenvalue weighted by atomic mass is 32.2. The van der Waals surface area contributed by atoms with E-state index in [0.717, 1.165) is 29.8 Å². The summed E-state index contributed by atoms with van der Waals surface area (Å²) in [6.07, 6.45) is -0.0835. The second kappa shape index (κ2) is 7.85. The topological polar surface area (TPSA) is 100 Å². The van der Waals surface area contributed by atoms with Gasteiger partial charge < -0.3 is 20.1 Å². The SMILES string of the molecule is O=C(C[C@H]1SC(=O)N(C[NH+]2CCOCC2)C1=O)Nc1cccc(O)c1. The third kappa shape index (κ3) is 4.50. The van der Waals surface area contributed by atoms with Crippen molar-refractivity contribution in [3.63, 3.8) is 0 Å². The molecule has 2 saturated heterocycles. The predicted octanol–water partition coefficient (Wildman–Crippen LogP) is -0.343. The zero-order chi connectivity index (χ0) is 17.8. The molecule has 8 nitrogen and oxygen atoms in total. The minimum atomic E-state index is -0.703. The van der Waals surface area contributed by atoms with E-state index < -0.39 is 5.25 Å². The highest BCUT2D eigenvalue weighted by Gasteiger charge is 2.42. The van der Waals surface area contributed by atoms with Crippen LogP contribution in [0.2, 0.25) is 0 Å². The normalized spacial score (nSPS) is 21.6. The number of phenolic OH excluding ortho intramolecular Hbond substituents is 1. The van der Waals surface area contributed by atoms with Crippen LogP contribution < -0.4 is 10.2 Å². The van der Waals surface area contributed by atoms with E-state index in [1.165, 1.54) is 17.0 Å². The Morgan fingerprint density at radius 2 is 2.12 bits per heavy atom. The van der Waals surface area contributed by atoms with Crippen LogP contribution in [0.3, 0.4) is 0 Å². The van der Waals surface area contributed by atoms with Crippen LogP contribution in [0.15, 0.2) is 24.3 Å². The highest BCUT2D eigenvalue weighted by molar-refractivity contribution is 8.15. The van der Waals surface area contributed by atoms with Gasteiger partial charge in [-0.3, -0.25) is 14.4 Å². The summed E-state index contributed by atoms with van der Waals surface area (Å²) in [5.74, 6) is -0.649. The highest BCUT2D eigenvalue weighted by Crippen LogP contribution is 2.29. The zero-order valence-electron chi connectivity index (χ0n) is 13.6. The molecule has 2 heterocycles. The van der Waals surface area contributed by atoms with E-state index in [4.69, 9.17) is 4.74 Å². The van der Waals surface area contributed by atoms with E-state index in [1.807, 2.05) is 0 Å². The molecule has 1 aromatic carbocycles. The first-order chi connectivity index (χ1) is 12.0. The van der Waals surface area contributed by atoms with Gasteiger partial charge in [0, 0.05) is 18.2 Å². The number of phenols is 1. The summed E-state index contributed by atoms with van der Waals surface area (Å²) in [4.78, 5) is 39.0. The Kier molecular flexibility index (Phi) is 5.57. The lowest BCUT2D eigenvalue weighted by Gasteiger charge is -2.26. The number of anilines is 1. The number of nitrogens with zero attached hydrogens (tertiary/aromatic N) is 1. The van der Waals surface area contributed by atoms with Crippen molar-refractivity contribution < 1.29 is 29.1 Å². The fourth-order valence-electron chi connectivity index (χ4n) is 2.78. The van der Waals surface area contributed by atoms with Crippen LogP contribution in [0.25, 0.3) is 0 Å². The summed E-state index contributed by atoms with van der Waals surface area (Å²) in [7, 11) is 0. The number of carbonyl (C=O) groups excluding carboxylic acids is 3. The van der Waals surface area contributed by atoms with E-state index in [-0.39, 0.29) is 29.2 Å². The van der Waals surface area contributed by atoms with Crippen LogP contribution in [0.5, 0.6) is 5.75 Å².